The smallest absolute Gasteiger partial charge is 0.378 e. The Labute approximate surface area is 159 Å². The molecular formula is C19H18F3N3O3. The molecular weight excluding hydrogens is 375 g/mol. The first-order chi connectivity index (χ1) is 13.3. The van der Waals surface area contributed by atoms with E-state index in [4.69, 9.17) is 4.74 Å². The molecule has 1 fully saturated rings. The van der Waals surface area contributed by atoms with Crippen LogP contribution in [0.2, 0.25) is 0 Å². The average molecular weight is 393 g/mol. The SMILES string of the molecule is O=C(CC(=O)N1CCOCC1)c1cccnc1Nc1cccc(C(F)(F)F)c1. The van der Waals surface area contributed by atoms with Gasteiger partial charge >= 0.3 is 6.18 Å². The number of ether oxygens (including phenoxy) is 1. The van der Waals surface area contributed by atoms with Crippen molar-refractivity contribution in [1.29, 1.82) is 0 Å². The Morgan fingerprint density at radius 1 is 1.14 bits per heavy atom. The van der Waals surface area contributed by atoms with Gasteiger partial charge in [0.05, 0.1) is 30.8 Å². The molecule has 0 atom stereocenters. The van der Waals surface area contributed by atoms with Crippen molar-refractivity contribution >= 4 is 23.2 Å². The van der Waals surface area contributed by atoms with Gasteiger partial charge in [-0.2, -0.15) is 13.2 Å². The highest BCUT2D eigenvalue weighted by Gasteiger charge is 2.30. The Kier molecular flexibility index (Phi) is 5.93. The second kappa shape index (κ2) is 8.39. The molecule has 1 amide bonds. The number of anilines is 2. The lowest BCUT2D eigenvalue weighted by molar-refractivity contribution is -0.137. The third kappa shape index (κ3) is 4.86. The average Bonchev–Trinajstić information content (AvgIpc) is 2.68. The molecule has 0 saturated carbocycles. The molecule has 0 aliphatic carbocycles. The van der Waals surface area contributed by atoms with E-state index in [1.54, 1.807) is 4.90 Å². The molecule has 2 heterocycles. The maximum Gasteiger partial charge on any atom is 0.416 e. The van der Waals surface area contributed by atoms with Gasteiger partial charge in [0.2, 0.25) is 5.91 Å². The second-order valence-electron chi connectivity index (χ2n) is 6.20. The minimum Gasteiger partial charge on any atom is -0.378 e. The second-order valence-corrected chi connectivity index (χ2v) is 6.20. The van der Waals surface area contributed by atoms with Gasteiger partial charge in [-0.1, -0.05) is 6.07 Å². The van der Waals surface area contributed by atoms with Gasteiger partial charge < -0.3 is 15.0 Å². The van der Waals surface area contributed by atoms with Gasteiger partial charge in [0.1, 0.15) is 5.82 Å². The number of hydrogen-bond acceptors (Lipinski definition) is 5. The minimum atomic E-state index is -4.48. The number of rotatable bonds is 5. The normalized spacial score (nSPS) is 14.6. The van der Waals surface area contributed by atoms with Gasteiger partial charge in [-0.25, -0.2) is 4.98 Å². The number of Topliss-reactive ketones (excluding diaryl/α,β-unsaturated/α-hetero) is 1. The summed E-state index contributed by atoms with van der Waals surface area (Å²) in [6.45, 7) is 1.70. The summed E-state index contributed by atoms with van der Waals surface area (Å²) in [5, 5.41) is 2.74. The fraction of sp³-hybridized carbons (Fsp3) is 0.316. The number of carbonyl (C=O) groups is 2. The summed E-state index contributed by atoms with van der Waals surface area (Å²) in [6.07, 6.45) is -3.41. The van der Waals surface area contributed by atoms with Crippen molar-refractivity contribution in [3.05, 3.63) is 53.7 Å². The predicted octanol–water partition coefficient (Wildman–Crippen LogP) is 3.28. The van der Waals surface area contributed by atoms with Crippen molar-refractivity contribution in [1.82, 2.24) is 9.88 Å². The lowest BCUT2D eigenvalue weighted by Crippen LogP contribution is -2.41. The monoisotopic (exact) mass is 393 g/mol. The van der Waals surface area contributed by atoms with Crippen LogP contribution in [0.15, 0.2) is 42.6 Å². The maximum absolute atomic E-state index is 12.9. The van der Waals surface area contributed by atoms with E-state index in [1.165, 1.54) is 30.5 Å². The van der Waals surface area contributed by atoms with Crippen LogP contribution in [0.4, 0.5) is 24.7 Å². The van der Waals surface area contributed by atoms with Crippen LogP contribution in [0.25, 0.3) is 0 Å². The zero-order valence-electron chi connectivity index (χ0n) is 14.8. The topological polar surface area (TPSA) is 71.5 Å². The first kappa shape index (κ1) is 19.8. The molecule has 0 spiro atoms. The molecule has 0 radical (unpaired) electrons. The quantitative estimate of drug-likeness (QED) is 0.624. The Hall–Kier alpha value is -2.94. The zero-order chi connectivity index (χ0) is 20.1. The van der Waals surface area contributed by atoms with Crippen LogP contribution >= 0.6 is 0 Å². The van der Waals surface area contributed by atoms with E-state index in [0.29, 0.717) is 26.3 Å². The number of ketones is 1. The Morgan fingerprint density at radius 3 is 2.61 bits per heavy atom. The summed E-state index contributed by atoms with van der Waals surface area (Å²) in [5.41, 5.74) is -0.535. The number of aromatic nitrogens is 1. The minimum absolute atomic E-state index is 0.0987. The largest absolute Gasteiger partial charge is 0.416 e. The molecule has 9 heteroatoms. The van der Waals surface area contributed by atoms with Crippen molar-refractivity contribution in [3.63, 3.8) is 0 Å². The summed E-state index contributed by atoms with van der Waals surface area (Å²) in [7, 11) is 0. The number of nitrogens with zero attached hydrogens (tertiary/aromatic N) is 2. The number of morpholine rings is 1. The highest BCUT2D eigenvalue weighted by atomic mass is 19.4. The van der Waals surface area contributed by atoms with Crippen LogP contribution in [-0.4, -0.2) is 47.9 Å². The lowest BCUT2D eigenvalue weighted by atomic mass is 10.1. The van der Waals surface area contributed by atoms with E-state index in [9.17, 15) is 22.8 Å². The van der Waals surface area contributed by atoms with Gasteiger partial charge in [-0.15, -0.1) is 0 Å². The number of hydrogen-bond donors (Lipinski definition) is 1. The van der Waals surface area contributed by atoms with Crippen molar-refractivity contribution in [2.45, 2.75) is 12.6 Å². The molecule has 1 aromatic carbocycles. The number of nitrogens with one attached hydrogen (secondary N) is 1. The van der Waals surface area contributed by atoms with Crippen molar-refractivity contribution < 1.29 is 27.5 Å². The molecule has 2 aromatic rings. The van der Waals surface area contributed by atoms with Gasteiger partial charge in [-0.3, -0.25) is 9.59 Å². The maximum atomic E-state index is 12.9. The van der Waals surface area contributed by atoms with Gasteiger partial charge in [0, 0.05) is 25.0 Å². The fourth-order valence-electron chi connectivity index (χ4n) is 2.80. The summed E-state index contributed by atoms with van der Waals surface area (Å²) in [6, 6.07) is 7.61. The van der Waals surface area contributed by atoms with Gasteiger partial charge in [0.15, 0.2) is 5.78 Å². The van der Waals surface area contributed by atoms with Gasteiger partial charge in [-0.05, 0) is 30.3 Å². The summed E-state index contributed by atoms with van der Waals surface area (Å²) in [4.78, 5) is 30.5. The molecule has 1 aliphatic heterocycles. The van der Waals surface area contributed by atoms with Crippen LogP contribution in [0.1, 0.15) is 22.3 Å². The van der Waals surface area contributed by atoms with E-state index in [0.717, 1.165) is 12.1 Å². The molecule has 1 aliphatic rings. The lowest BCUT2D eigenvalue weighted by Gasteiger charge is -2.26. The van der Waals surface area contributed by atoms with Crippen molar-refractivity contribution in [2.24, 2.45) is 0 Å². The first-order valence-corrected chi connectivity index (χ1v) is 8.62. The predicted molar refractivity (Wildman–Crippen MR) is 95.3 cm³/mol. The van der Waals surface area contributed by atoms with E-state index in [-0.39, 0.29) is 29.4 Å². The number of carbonyl (C=O) groups excluding carboxylic acids is 2. The highest BCUT2D eigenvalue weighted by molar-refractivity contribution is 6.10. The van der Waals surface area contributed by atoms with Crippen LogP contribution in [0, 0.1) is 0 Å². The Morgan fingerprint density at radius 2 is 1.89 bits per heavy atom. The third-order valence-electron chi connectivity index (χ3n) is 4.24. The molecule has 0 unspecified atom stereocenters. The van der Waals surface area contributed by atoms with E-state index >= 15 is 0 Å². The Balaban J connectivity index is 1.76. The van der Waals surface area contributed by atoms with E-state index in [1.807, 2.05) is 0 Å². The molecule has 1 aromatic heterocycles. The number of amides is 1. The van der Waals surface area contributed by atoms with Crippen LogP contribution in [0.5, 0.6) is 0 Å². The van der Waals surface area contributed by atoms with E-state index in [2.05, 4.69) is 10.3 Å². The van der Waals surface area contributed by atoms with E-state index < -0.39 is 17.5 Å². The molecule has 28 heavy (non-hydrogen) atoms. The summed E-state index contributed by atoms with van der Waals surface area (Å²) < 4.78 is 43.8. The highest BCUT2D eigenvalue weighted by Crippen LogP contribution is 2.31. The number of halogens is 3. The number of pyridine rings is 1. The van der Waals surface area contributed by atoms with Crippen LogP contribution in [0.3, 0.4) is 0 Å². The van der Waals surface area contributed by atoms with Crippen molar-refractivity contribution in [3.8, 4) is 0 Å². The molecule has 148 valence electrons. The molecule has 0 bridgehead atoms. The summed E-state index contributed by atoms with van der Waals surface area (Å²) in [5.74, 6) is -0.678. The zero-order valence-corrected chi connectivity index (χ0v) is 14.8. The van der Waals surface area contributed by atoms with Gasteiger partial charge in [0.25, 0.3) is 0 Å². The Bertz CT molecular complexity index is 865. The molecule has 6 nitrogen and oxygen atoms in total. The molecule has 1 saturated heterocycles. The molecule has 1 N–H and O–H groups in total. The third-order valence-corrected chi connectivity index (χ3v) is 4.24. The first-order valence-electron chi connectivity index (χ1n) is 8.62. The molecule has 3 rings (SSSR count). The summed E-state index contributed by atoms with van der Waals surface area (Å²) >= 11 is 0. The van der Waals surface area contributed by atoms with Crippen LogP contribution < -0.4 is 5.32 Å². The van der Waals surface area contributed by atoms with Crippen LogP contribution in [-0.2, 0) is 15.7 Å². The van der Waals surface area contributed by atoms with Crippen molar-refractivity contribution in [2.75, 3.05) is 31.6 Å². The fourth-order valence-corrected chi connectivity index (χ4v) is 2.80. The standard InChI is InChI=1S/C19H18F3N3O3/c20-19(21,22)13-3-1-4-14(11-13)24-18-15(5-2-6-23-18)16(26)12-17(27)25-7-9-28-10-8-25/h1-6,11H,7-10,12H2,(H,23,24). The number of benzene rings is 1. The number of alkyl halides is 3.